The second-order valence-electron chi connectivity index (χ2n) is 6.10. The molecule has 0 amide bonds. The van der Waals surface area contributed by atoms with Gasteiger partial charge in [-0.05, 0) is 24.1 Å². The highest BCUT2D eigenvalue weighted by Gasteiger charge is 2.19. The average Bonchev–Trinajstić information content (AvgIpc) is 2.96. The Balaban J connectivity index is 1.77. The molecule has 0 aliphatic rings. The van der Waals surface area contributed by atoms with E-state index in [9.17, 15) is 9.18 Å². The highest BCUT2D eigenvalue weighted by Crippen LogP contribution is 2.24. The molecule has 3 rings (SSSR count). The molecule has 0 unspecified atom stereocenters. The number of nitrogens with zero attached hydrogens (tertiary/aromatic N) is 2. The third-order valence-corrected chi connectivity index (χ3v) is 4.85. The molecule has 1 heterocycles. The van der Waals surface area contributed by atoms with Crippen LogP contribution in [0.4, 0.5) is 10.1 Å². The van der Waals surface area contributed by atoms with Crippen molar-refractivity contribution in [3.05, 3.63) is 81.3 Å². The van der Waals surface area contributed by atoms with Gasteiger partial charge in [-0.2, -0.15) is 5.10 Å². The maximum atomic E-state index is 14.0. The maximum Gasteiger partial charge on any atom is 0.180 e. The maximum absolute atomic E-state index is 14.0. The summed E-state index contributed by atoms with van der Waals surface area (Å²) in [7, 11) is 0. The lowest BCUT2D eigenvalue weighted by molar-refractivity contribution is 0.101. The molecule has 0 aliphatic carbocycles. The van der Waals surface area contributed by atoms with Crippen LogP contribution in [0.25, 0.3) is 0 Å². The zero-order valence-electron chi connectivity index (χ0n) is 14.7. The summed E-state index contributed by atoms with van der Waals surface area (Å²) in [6.45, 7) is 2.31. The SMILES string of the molecule is CC(=O)c1nn(Cc2ccccc2)c(Cl)c1CCNc1cccc(Cl)c1F. The predicted octanol–water partition coefficient (Wildman–Crippen LogP) is 5.23. The summed E-state index contributed by atoms with van der Waals surface area (Å²) in [4.78, 5) is 12.0. The average molecular weight is 406 g/mol. The minimum Gasteiger partial charge on any atom is -0.382 e. The number of halogens is 3. The Hall–Kier alpha value is -2.37. The van der Waals surface area contributed by atoms with Crippen LogP contribution >= 0.6 is 23.2 Å². The minimum atomic E-state index is -0.503. The van der Waals surface area contributed by atoms with Gasteiger partial charge in [0.05, 0.1) is 17.3 Å². The summed E-state index contributed by atoms with van der Waals surface area (Å²) in [5, 5.41) is 7.83. The first kappa shape index (κ1) is 19.4. The molecule has 0 fully saturated rings. The van der Waals surface area contributed by atoms with Gasteiger partial charge in [0.2, 0.25) is 0 Å². The van der Waals surface area contributed by atoms with Crippen molar-refractivity contribution < 1.29 is 9.18 Å². The molecule has 0 saturated heterocycles. The zero-order chi connectivity index (χ0) is 19.4. The Kier molecular flexibility index (Phi) is 6.14. The van der Waals surface area contributed by atoms with Crippen molar-refractivity contribution in [2.24, 2.45) is 0 Å². The van der Waals surface area contributed by atoms with Gasteiger partial charge >= 0.3 is 0 Å². The van der Waals surface area contributed by atoms with Gasteiger partial charge in [0.15, 0.2) is 11.6 Å². The molecule has 7 heteroatoms. The van der Waals surface area contributed by atoms with E-state index < -0.39 is 5.82 Å². The highest BCUT2D eigenvalue weighted by molar-refractivity contribution is 6.31. The number of ketones is 1. The Morgan fingerprint density at radius 3 is 2.59 bits per heavy atom. The van der Waals surface area contributed by atoms with Gasteiger partial charge in [-0.1, -0.05) is 59.6 Å². The molecule has 0 spiro atoms. The van der Waals surface area contributed by atoms with Crippen LogP contribution in [0.15, 0.2) is 48.5 Å². The molecule has 4 nitrogen and oxygen atoms in total. The number of rotatable bonds is 7. The Morgan fingerprint density at radius 2 is 1.89 bits per heavy atom. The molecular formula is C20H18Cl2FN3O. The van der Waals surface area contributed by atoms with Crippen LogP contribution in [0, 0.1) is 5.82 Å². The molecule has 0 saturated carbocycles. The molecule has 1 N–H and O–H groups in total. The molecular weight excluding hydrogens is 388 g/mol. The van der Waals surface area contributed by atoms with Crippen molar-refractivity contribution in [3.8, 4) is 0 Å². The number of Topliss-reactive ketones (excluding diaryl/α,β-unsaturated/α-hetero) is 1. The van der Waals surface area contributed by atoms with E-state index in [1.165, 1.54) is 13.0 Å². The minimum absolute atomic E-state index is 0.0538. The molecule has 0 radical (unpaired) electrons. The first-order valence-electron chi connectivity index (χ1n) is 8.45. The topological polar surface area (TPSA) is 46.9 Å². The van der Waals surface area contributed by atoms with Gasteiger partial charge in [0.25, 0.3) is 0 Å². The Morgan fingerprint density at radius 1 is 1.15 bits per heavy atom. The van der Waals surface area contributed by atoms with Crippen LogP contribution in [-0.2, 0) is 13.0 Å². The lowest BCUT2D eigenvalue weighted by atomic mass is 10.1. The summed E-state index contributed by atoms with van der Waals surface area (Å²) in [5.41, 5.74) is 2.32. The first-order valence-corrected chi connectivity index (χ1v) is 9.21. The van der Waals surface area contributed by atoms with Gasteiger partial charge < -0.3 is 5.32 Å². The van der Waals surface area contributed by atoms with Crippen molar-refractivity contribution >= 4 is 34.7 Å². The van der Waals surface area contributed by atoms with Crippen molar-refractivity contribution in [1.82, 2.24) is 9.78 Å². The standard InChI is InChI=1S/C20H18Cl2FN3O/c1-13(27)19-15(10-11-24-17-9-5-8-16(21)18(17)23)20(22)26(25-19)12-14-6-3-2-4-7-14/h2-9,24H,10-12H2,1H3. The summed E-state index contributed by atoms with van der Waals surface area (Å²) in [6, 6.07) is 14.5. The number of aromatic nitrogens is 2. The number of carbonyl (C=O) groups is 1. The zero-order valence-corrected chi connectivity index (χ0v) is 16.2. The largest absolute Gasteiger partial charge is 0.382 e. The molecule has 1 aromatic heterocycles. The highest BCUT2D eigenvalue weighted by atomic mass is 35.5. The van der Waals surface area contributed by atoms with Crippen LogP contribution in [0.3, 0.4) is 0 Å². The number of carbonyl (C=O) groups excluding carboxylic acids is 1. The quantitative estimate of drug-likeness (QED) is 0.547. The van der Waals surface area contributed by atoms with E-state index in [4.69, 9.17) is 23.2 Å². The summed E-state index contributed by atoms with van der Waals surface area (Å²) in [5.74, 6) is -0.663. The number of anilines is 1. The van der Waals surface area contributed by atoms with Crippen molar-refractivity contribution in [1.29, 1.82) is 0 Å². The van der Waals surface area contributed by atoms with Crippen molar-refractivity contribution in [2.75, 3.05) is 11.9 Å². The molecule has 0 atom stereocenters. The second kappa shape index (κ2) is 8.55. The number of benzene rings is 2. The third-order valence-electron chi connectivity index (χ3n) is 4.13. The van der Waals surface area contributed by atoms with Gasteiger partial charge in [-0.15, -0.1) is 0 Å². The normalized spacial score (nSPS) is 10.8. The number of hydrogen-bond donors (Lipinski definition) is 1. The fraction of sp³-hybridized carbons (Fsp3) is 0.200. The first-order chi connectivity index (χ1) is 13.0. The van der Waals surface area contributed by atoms with Crippen LogP contribution in [0.5, 0.6) is 0 Å². The fourth-order valence-electron chi connectivity index (χ4n) is 2.81. The number of hydrogen-bond acceptors (Lipinski definition) is 3. The monoisotopic (exact) mass is 405 g/mol. The Bertz CT molecular complexity index is 957. The summed E-state index contributed by atoms with van der Waals surface area (Å²) < 4.78 is 15.6. The van der Waals surface area contributed by atoms with E-state index >= 15 is 0 Å². The van der Waals surface area contributed by atoms with Crippen molar-refractivity contribution in [2.45, 2.75) is 19.9 Å². The van der Waals surface area contributed by atoms with E-state index in [0.29, 0.717) is 41.6 Å². The fourth-order valence-corrected chi connectivity index (χ4v) is 3.26. The molecule has 2 aromatic carbocycles. The summed E-state index contributed by atoms with van der Waals surface area (Å²) >= 11 is 12.3. The second-order valence-corrected chi connectivity index (χ2v) is 6.86. The van der Waals surface area contributed by atoms with E-state index in [-0.39, 0.29) is 10.8 Å². The molecule has 27 heavy (non-hydrogen) atoms. The summed E-state index contributed by atoms with van der Waals surface area (Å²) in [6.07, 6.45) is 0.425. The van der Waals surface area contributed by atoms with Crippen molar-refractivity contribution in [3.63, 3.8) is 0 Å². The van der Waals surface area contributed by atoms with Crippen LogP contribution in [-0.4, -0.2) is 22.1 Å². The Labute approximate surface area is 166 Å². The van der Waals surface area contributed by atoms with Crippen LogP contribution in [0.1, 0.15) is 28.5 Å². The van der Waals surface area contributed by atoms with E-state index in [0.717, 1.165) is 5.56 Å². The molecule has 3 aromatic rings. The lowest BCUT2D eigenvalue weighted by Crippen LogP contribution is -2.09. The smallest absolute Gasteiger partial charge is 0.180 e. The molecule has 0 bridgehead atoms. The van der Waals surface area contributed by atoms with Crippen LogP contribution in [0.2, 0.25) is 10.2 Å². The van der Waals surface area contributed by atoms with E-state index in [1.807, 2.05) is 30.3 Å². The van der Waals surface area contributed by atoms with E-state index in [1.54, 1.807) is 16.8 Å². The van der Waals surface area contributed by atoms with E-state index in [2.05, 4.69) is 10.4 Å². The predicted molar refractivity (Wildman–Crippen MR) is 106 cm³/mol. The van der Waals surface area contributed by atoms with Gasteiger partial charge in [-0.3, -0.25) is 4.79 Å². The molecule has 140 valence electrons. The van der Waals surface area contributed by atoms with Gasteiger partial charge in [0, 0.05) is 19.0 Å². The third kappa shape index (κ3) is 4.49. The van der Waals surface area contributed by atoms with Gasteiger partial charge in [-0.25, -0.2) is 9.07 Å². The van der Waals surface area contributed by atoms with Gasteiger partial charge in [0.1, 0.15) is 10.8 Å². The molecule has 0 aliphatic heterocycles. The van der Waals surface area contributed by atoms with Crippen LogP contribution < -0.4 is 5.32 Å². The number of nitrogens with one attached hydrogen (secondary N) is 1. The lowest BCUT2D eigenvalue weighted by Gasteiger charge is -2.08.